The van der Waals surface area contributed by atoms with Crippen molar-refractivity contribution in [3.8, 4) is 0 Å². The molecule has 0 unspecified atom stereocenters. The second kappa shape index (κ2) is 6.66. The lowest BCUT2D eigenvalue weighted by molar-refractivity contribution is -0.121. The van der Waals surface area contributed by atoms with Crippen LogP contribution in [0.3, 0.4) is 0 Å². The average molecular weight is 361 g/mol. The quantitative estimate of drug-likeness (QED) is 0.559. The van der Waals surface area contributed by atoms with Gasteiger partial charge in [-0.2, -0.15) is 0 Å². The van der Waals surface area contributed by atoms with Crippen LogP contribution in [0.4, 0.5) is 21.0 Å². The molecule has 0 spiro atoms. The number of nitrogens with zero attached hydrogens (tertiary/aromatic N) is 1. The number of nitrogens with one attached hydrogen (secondary N) is 4. The molecule has 9 nitrogen and oxygen atoms in total. The smallest absolute Gasteiger partial charge is 0.324 e. The summed E-state index contributed by atoms with van der Waals surface area (Å²) in [6, 6.07) is 5.12. The number of fused-ring (bicyclic) bond motifs is 1. The van der Waals surface area contributed by atoms with Crippen LogP contribution < -0.4 is 21.3 Å². The maximum atomic E-state index is 12.6. The molecule has 0 saturated carbocycles. The number of amides is 6. The van der Waals surface area contributed by atoms with Gasteiger partial charge in [0.25, 0.3) is 0 Å². The number of hydrogen-bond donors (Lipinski definition) is 4. The van der Waals surface area contributed by atoms with Gasteiger partial charge in [-0.3, -0.25) is 9.59 Å². The largest absolute Gasteiger partial charge is 0.326 e. The van der Waals surface area contributed by atoms with Crippen molar-refractivity contribution in [2.75, 3.05) is 17.7 Å². The summed E-state index contributed by atoms with van der Waals surface area (Å²) in [7, 11) is 1.25. The standard InChI is InChI=1S/C17H23N5O4/c1-16(2)12(23)18-10-8-6-7-9-11(10)19-13(24)17(3,4)21-15(26)22(5)14(25)20-16/h6-9H,1-5H3,(H,18,23)(H,19,24)(H,20,25)(H,21,26). The number of urea groups is 2. The van der Waals surface area contributed by atoms with Crippen molar-refractivity contribution in [3.05, 3.63) is 24.3 Å². The zero-order chi connectivity index (χ0) is 19.7. The van der Waals surface area contributed by atoms with E-state index in [1.165, 1.54) is 34.7 Å². The molecule has 1 aliphatic heterocycles. The zero-order valence-corrected chi connectivity index (χ0v) is 15.4. The van der Waals surface area contributed by atoms with Crippen LogP contribution >= 0.6 is 0 Å². The number of rotatable bonds is 0. The Morgan fingerprint density at radius 2 is 1.08 bits per heavy atom. The predicted molar refractivity (Wildman–Crippen MR) is 96.7 cm³/mol. The number of carbonyl (C=O) groups is 4. The van der Waals surface area contributed by atoms with Crippen LogP contribution in [0, 0.1) is 0 Å². The third-order valence-electron chi connectivity index (χ3n) is 4.01. The van der Waals surface area contributed by atoms with Crippen molar-refractivity contribution in [2.24, 2.45) is 0 Å². The summed E-state index contributed by atoms with van der Waals surface area (Å²) in [5.74, 6) is -1.00. The average Bonchev–Trinajstić information content (AvgIpc) is 2.54. The van der Waals surface area contributed by atoms with Crippen molar-refractivity contribution in [3.63, 3.8) is 0 Å². The molecule has 0 saturated heterocycles. The summed E-state index contributed by atoms with van der Waals surface area (Å²) in [5.41, 5.74) is -1.84. The Balaban J connectivity index is 2.49. The highest BCUT2D eigenvalue weighted by Crippen LogP contribution is 2.24. The fourth-order valence-electron chi connectivity index (χ4n) is 2.17. The second-order valence-corrected chi connectivity index (χ2v) is 7.12. The molecule has 2 rings (SSSR count). The summed E-state index contributed by atoms with van der Waals surface area (Å²) in [5, 5.41) is 10.4. The van der Waals surface area contributed by atoms with Crippen molar-refractivity contribution in [1.29, 1.82) is 0 Å². The van der Waals surface area contributed by atoms with E-state index >= 15 is 0 Å². The van der Waals surface area contributed by atoms with Crippen molar-refractivity contribution >= 4 is 35.3 Å². The highest BCUT2D eigenvalue weighted by molar-refractivity contribution is 6.07. The summed E-state index contributed by atoms with van der Waals surface area (Å²) in [4.78, 5) is 50.5. The van der Waals surface area contributed by atoms with Crippen LogP contribution in [-0.2, 0) is 9.59 Å². The van der Waals surface area contributed by atoms with Crippen molar-refractivity contribution in [2.45, 2.75) is 38.8 Å². The van der Waals surface area contributed by atoms with Crippen molar-refractivity contribution in [1.82, 2.24) is 15.5 Å². The number of para-hydroxylation sites is 2. The minimum absolute atomic E-state index is 0.378. The third-order valence-corrected chi connectivity index (χ3v) is 4.01. The molecule has 0 radical (unpaired) electrons. The van der Waals surface area contributed by atoms with Gasteiger partial charge in [-0.25, -0.2) is 14.5 Å². The van der Waals surface area contributed by atoms with Gasteiger partial charge in [0.1, 0.15) is 11.1 Å². The molecule has 6 amide bonds. The zero-order valence-electron chi connectivity index (χ0n) is 15.4. The fraction of sp³-hybridized carbons (Fsp3) is 0.412. The van der Waals surface area contributed by atoms with E-state index in [0.717, 1.165) is 4.90 Å². The number of anilines is 2. The van der Waals surface area contributed by atoms with Crippen LogP contribution in [0.25, 0.3) is 0 Å². The molecule has 140 valence electrons. The highest BCUT2D eigenvalue weighted by atomic mass is 16.2. The SMILES string of the molecule is CN1C(=O)NC(C)(C)C(=O)Nc2ccccc2NC(=O)C(C)(C)NC1=O. The molecule has 0 fully saturated rings. The summed E-state index contributed by atoms with van der Waals surface area (Å²) >= 11 is 0. The first-order valence-electron chi connectivity index (χ1n) is 8.04. The van der Waals surface area contributed by atoms with Gasteiger partial charge in [-0.15, -0.1) is 0 Å². The summed E-state index contributed by atoms with van der Waals surface area (Å²) < 4.78 is 0. The van der Waals surface area contributed by atoms with Crippen LogP contribution in [0.2, 0.25) is 0 Å². The first-order chi connectivity index (χ1) is 11.9. The van der Waals surface area contributed by atoms with Crippen LogP contribution in [-0.4, -0.2) is 46.9 Å². The summed E-state index contributed by atoms with van der Waals surface area (Å²) in [6.07, 6.45) is 0. The maximum absolute atomic E-state index is 12.6. The van der Waals surface area contributed by atoms with E-state index in [0.29, 0.717) is 11.4 Å². The van der Waals surface area contributed by atoms with Gasteiger partial charge in [0.2, 0.25) is 11.8 Å². The molecule has 26 heavy (non-hydrogen) atoms. The first kappa shape index (κ1) is 19.2. The first-order valence-corrected chi connectivity index (χ1v) is 8.04. The third kappa shape index (κ3) is 3.93. The Kier molecular flexibility index (Phi) is 4.93. The van der Waals surface area contributed by atoms with Gasteiger partial charge in [0.15, 0.2) is 0 Å². The Hall–Kier alpha value is -3.10. The molecular weight excluding hydrogens is 338 g/mol. The molecule has 0 bridgehead atoms. The Bertz CT molecular complexity index is 709. The lowest BCUT2D eigenvalue weighted by atomic mass is 10.0. The lowest BCUT2D eigenvalue weighted by Gasteiger charge is -2.29. The molecule has 1 heterocycles. The maximum Gasteiger partial charge on any atom is 0.326 e. The Labute approximate surface area is 151 Å². The number of hydrogen-bond acceptors (Lipinski definition) is 4. The van der Waals surface area contributed by atoms with E-state index in [1.807, 2.05) is 0 Å². The molecule has 1 aromatic rings. The molecule has 9 heteroatoms. The predicted octanol–water partition coefficient (Wildman–Crippen LogP) is 1.49. The van der Waals surface area contributed by atoms with Gasteiger partial charge in [0, 0.05) is 7.05 Å². The minimum atomic E-state index is -1.30. The van der Waals surface area contributed by atoms with Gasteiger partial charge in [0.05, 0.1) is 11.4 Å². The summed E-state index contributed by atoms with van der Waals surface area (Å²) in [6.45, 7) is 6.04. The molecule has 1 aliphatic rings. The van der Waals surface area contributed by atoms with E-state index in [2.05, 4.69) is 21.3 Å². The van der Waals surface area contributed by atoms with E-state index in [1.54, 1.807) is 24.3 Å². The number of imide groups is 1. The highest BCUT2D eigenvalue weighted by Gasteiger charge is 2.36. The van der Waals surface area contributed by atoms with Gasteiger partial charge in [-0.1, -0.05) is 12.1 Å². The molecule has 0 aromatic heterocycles. The van der Waals surface area contributed by atoms with Gasteiger partial charge >= 0.3 is 12.1 Å². The van der Waals surface area contributed by atoms with E-state index < -0.39 is 35.0 Å². The topological polar surface area (TPSA) is 120 Å². The Morgan fingerprint density at radius 1 is 0.731 bits per heavy atom. The molecule has 0 atom stereocenters. The van der Waals surface area contributed by atoms with Gasteiger partial charge < -0.3 is 21.3 Å². The fourth-order valence-corrected chi connectivity index (χ4v) is 2.17. The molecule has 4 N–H and O–H groups in total. The normalized spacial score (nSPS) is 20.3. The van der Waals surface area contributed by atoms with E-state index in [4.69, 9.17) is 0 Å². The number of benzene rings is 1. The monoisotopic (exact) mass is 361 g/mol. The van der Waals surface area contributed by atoms with Crippen molar-refractivity contribution < 1.29 is 19.2 Å². The van der Waals surface area contributed by atoms with Crippen LogP contribution in [0.5, 0.6) is 0 Å². The second-order valence-electron chi connectivity index (χ2n) is 7.12. The van der Waals surface area contributed by atoms with Crippen LogP contribution in [0.1, 0.15) is 27.7 Å². The molecule has 1 aromatic carbocycles. The number of carbonyl (C=O) groups excluding carboxylic acids is 4. The van der Waals surface area contributed by atoms with E-state index in [9.17, 15) is 19.2 Å². The molecular formula is C17H23N5O4. The minimum Gasteiger partial charge on any atom is -0.324 e. The lowest BCUT2D eigenvalue weighted by Crippen LogP contribution is -2.60. The van der Waals surface area contributed by atoms with Gasteiger partial charge in [-0.05, 0) is 39.8 Å². The van der Waals surface area contributed by atoms with E-state index in [-0.39, 0.29) is 0 Å². The van der Waals surface area contributed by atoms with Crippen LogP contribution in [0.15, 0.2) is 24.3 Å². The molecule has 0 aliphatic carbocycles. The Morgan fingerprint density at radius 3 is 1.42 bits per heavy atom.